The summed E-state index contributed by atoms with van der Waals surface area (Å²) in [5.74, 6) is 1.72. The van der Waals surface area contributed by atoms with Crippen LogP contribution in [0, 0.1) is 19.3 Å². The van der Waals surface area contributed by atoms with Crippen LogP contribution < -0.4 is 15.4 Å². The molecule has 200 valence electrons. The van der Waals surface area contributed by atoms with Gasteiger partial charge in [-0.1, -0.05) is 55.3 Å². The molecule has 1 aliphatic heterocycles. The molecule has 0 bridgehead atoms. The van der Waals surface area contributed by atoms with Gasteiger partial charge in [0.25, 0.3) is 5.91 Å². The Morgan fingerprint density at radius 1 is 1.08 bits per heavy atom. The van der Waals surface area contributed by atoms with Crippen LogP contribution >= 0.6 is 0 Å². The number of imide groups is 1. The Hall–Kier alpha value is -4.61. The molecule has 8 heteroatoms. The number of amides is 4. The molecule has 0 spiro atoms. The third-order valence-electron chi connectivity index (χ3n) is 6.74. The lowest BCUT2D eigenvalue weighted by molar-refractivity contribution is -0.134. The van der Waals surface area contributed by atoms with Crippen LogP contribution in [0.5, 0.6) is 5.75 Å². The molecule has 2 N–H and O–H groups in total. The van der Waals surface area contributed by atoms with Crippen molar-refractivity contribution in [1.29, 1.82) is 0 Å². The van der Waals surface area contributed by atoms with Gasteiger partial charge in [0.15, 0.2) is 0 Å². The molecule has 4 amide bonds. The van der Waals surface area contributed by atoms with Crippen molar-refractivity contribution < 1.29 is 23.9 Å². The molecule has 1 unspecified atom stereocenters. The quantitative estimate of drug-likeness (QED) is 0.232. The molecule has 4 rings (SSSR count). The standard InChI is InChI=1S/C31H31N3O5/c1-5-22-11-16-26(20(2)19-22)32-29(35)28(21(3)23-9-7-6-8-10-23)34-30(36)27(33-31(34)37)24-12-14-25(15-13-24)39-18-17-38-4/h1,6-16,19,21,27-28H,17-18H2,2-4H3,(H,32,35)(H,33,37)/t21-,27?,28-/m0/s1. The third-order valence-corrected chi connectivity index (χ3v) is 6.74. The second-order valence-corrected chi connectivity index (χ2v) is 9.31. The van der Waals surface area contributed by atoms with Crippen LogP contribution in [0.3, 0.4) is 0 Å². The van der Waals surface area contributed by atoms with Crippen LogP contribution in [0.1, 0.15) is 41.1 Å². The first kappa shape index (κ1) is 27.4. The molecule has 0 aliphatic carbocycles. The maximum absolute atomic E-state index is 13.8. The monoisotopic (exact) mass is 525 g/mol. The molecule has 0 aromatic heterocycles. The number of methoxy groups -OCH3 is 1. The Morgan fingerprint density at radius 3 is 2.44 bits per heavy atom. The number of aryl methyl sites for hydroxylation is 1. The summed E-state index contributed by atoms with van der Waals surface area (Å²) < 4.78 is 10.6. The van der Waals surface area contributed by atoms with Crippen molar-refractivity contribution in [2.45, 2.75) is 31.8 Å². The van der Waals surface area contributed by atoms with E-state index in [-0.39, 0.29) is 0 Å². The normalized spacial score (nSPS) is 16.3. The summed E-state index contributed by atoms with van der Waals surface area (Å²) in [5, 5.41) is 5.66. The Kier molecular flexibility index (Phi) is 8.64. The highest BCUT2D eigenvalue weighted by molar-refractivity contribution is 6.10. The number of hydrogen-bond donors (Lipinski definition) is 2. The van der Waals surface area contributed by atoms with E-state index >= 15 is 0 Å². The number of benzene rings is 3. The van der Waals surface area contributed by atoms with Crippen LogP contribution in [0.2, 0.25) is 0 Å². The maximum Gasteiger partial charge on any atom is 0.325 e. The number of ether oxygens (including phenoxy) is 2. The lowest BCUT2D eigenvalue weighted by atomic mass is 9.91. The number of carbonyl (C=O) groups excluding carboxylic acids is 3. The smallest absolute Gasteiger partial charge is 0.325 e. The van der Waals surface area contributed by atoms with Gasteiger partial charge in [-0.25, -0.2) is 9.69 Å². The van der Waals surface area contributed by atoms with E-state index in [0.717, 1.165) is 16.0 Å². The number of terminal acetylenes is 1. The van der Waals surface area contributed by atoms with E-state index in [1.807, 2.05) is 44.2 Å². The minimum absolute atomic E-state index is 0.391. The van der Waals surface area contributed by atoms with Crippen molar-refractivity contribution in [3.63, 3.8) is 0 Å². The molecule has 3 atom stereocenters. The third kappa shape index (κ3) is 6.11. The topological polar surface area (TPSA) is 97.0 Å². The van der Waals surface area contributed by atoms with E-state index in [1.165, 1.54) is 0 Å². The second-order valence-electron chi connectivity index (χ2n) is 9.31. The molecule has 1 fully saturated rings. The van der Waals surface area contributed by atoms with Crippen molar-refractivity contribution in [3.8, 4) is 18.1 Å². The van der Waals surface area contributed by atoms with Crippen molar-refractivity contribution >= 4 is 23.5 Å². The van der Waals surface area contributed by atoms with Gasteiger partial charge < -0.3 is 20.1 Å². The summed E-state index contributed by atoms with van der Waals surface area (Å²) in [5.41, 5.74) is 3.41. The number of anilines is 1. The molecule has 1 saturated heterocycles. The molecular formula is C31H31N3O5. The van der Waals surface area contributed by atoms with E-state index in [4.69, 9.17) is 15.9 Å². The maximum atomic E-state index is 13.8. The van der Waals surface area contributed by atoms with Crippen LogP contribution in [-0.4, -0.2) is 49.1 Å². The second kappa shape index (κ2) is 12.3. The van der Waals surface area contributed by atoms with E-state index in [9.17, 15) is 14.4 Å². The van der Waals surface area contributed by atoms with Crippen molar-refractivity contribution in [2.24, 2.45) is 0 Å². The molecule has 8 nitrogen and oxygen atoms in total. The van der Waals surface area contributed by atoms with E-state index < -0.39 is 35.8 Å². The summed E-state index contributed by atoms with van der Waals surface area (Å²) in [6.07, 6.45) is 5.49. The molecule has 3 aromatic carbocycles. The molecule has 3 aromatic rings. The van der Waals surface area contributed by atoms with Gasteiger partial charge >= 0.3 is 6.03 Å². The van der Waals surface area contributed by atoms with Crippen LogP contribution in [-0.2, 0) is 14.3 Å². The fourth-order valence-electron chi connectivity index (χ4n) is 4.59. The number of nitrogens with one attached hydrogen (secondary N) is 2. The number of rotatable bonds is 10. The van der Waals surface area contributed by atoms with Gasteiger partial charge in [0.1, 0.15) is 24.4 Å². The average Bonchev–Trinajstić information content (AvgIpc) is 3.24. The molecule has 1 heterocycles. The van der Waals surface area contributed by atoms with Crippen molar-refractivity contribution in [2.75, 3.05) is 25.6 Å². The molecule has 1 aliphatic rings. The SMILES string of the molecule is C#Cc1ccc(NC(=O)[C@H]([C@@H](C)c2ccccc2)N2C(=O)NC(c3ccc(OCCOC)cc3)C2=O)c(C)c1. The summed E-state index contributed by atoms with van der Waals surface area (Å²) in [7, 11) is 1.59. The highest BCUT2D eigenvalue weighted by Gasteiger charge is 2.47. The molecule has 0 saturated carbocycles. The zero-order valence-corrected chi connectivity index (χ0v) is 22.1. The predicted octanol–water partition coefficient (Wildman–Crippen LogP) is 4.41. The lowest BCUT2D eigenvalue weighted by Crippen LogP contribution is -2.50. The number of nitrogens with zero attached hydrogens (tertiary/aromatic N) is 1. The highest BCUT2D eigenvalue weighted by Crippen LogP contribution is 2.32. The number of urea groups is 1. The van der Waals surface area contributed by atoms with Crippen LogP contribution in [0.4, 0.5) is 10.5 Å². The Morgan fingerprint density at radius 2 is 1.79 bits per heavy atom. The first-order chi connectivity index (χ1) is 18.8. The summed E-state index contributed by atoms with van der Waals surface area (Å²) in [6, 6.07) is 18.8. The molecule has 0 radical (unpaired) electrons. The summed E-state index contributed by atoms with van der Waals surface area (Å²) >= 11 is 0. The first-order valence-electron chi connectivity index (χ1n) is 12.6. The Bertz CT molecular complexity index is 1380. The van der Waals surface area contributed by atoms with Gasteiger partial charge in [-0.15, -0.1) is 6.42 Å². The van der Waals surface area contributed by atoms with Gasteiger partial charge in [0.05, 0.1) is 6.61 Å². The summed E-state index contributed by atoms with van der Waals surface area (Å²) in [6.45, 7) is 4.50. The zero-order chi connectivity index (χ0) is 27.9. The van der Waals surface area contributed by atoms with Gasteiger partial charge in [-0.3, -0.25) is 9.59 Å². The van der Waals surface area contributed by atoms with E-state index in [1.54, 1.807) is 49.6 Å². The minimum Gasteiger partial charge on any atom is -0.491 e. The fraction of sp³-hybridized carbons (Fsp3) is 0.258. The zero-order valence-electron chi connectivity index (χ0n) is 22.1. The van der Waals surface area contributed by atoms with Gasteiger partial charge in [0, 0.05) is 24.3 Å². The largest absolute Gasteiger partial charge is 0.491 e. The van der Waals surface area contributed by atoms with Crippen LogP contribution in [0.15, 0.2) is 72.8 Å². The number of hydrogen-bond acceptors (Lipinski definition) is 5. The van der Waals surface area contributed by atoms with Crippen molar-refractivity contribution in [3.05, 3.63) is 95.1 Å². The molecular weight excluding hydrogens is 494 g/mol. The minimum atomic E-state index is -1.10. The average molecular weight is 526 g/mol. The number of carbonyl (C=O) groups is 3. The van der Waals surface area contributed by atoms with E-state index in [2.05, 4.69) is 16.6 Å². The fourth-order valence-corrected chi connectivity index (χ4v) is 4.59. The lowest BCUT2D eigenvalue weighted by Gasteiger charge is -2.30. The Balaban J connectivity index is 1.62. The van der Waals surface area contributed by atoms with E-state index in [0.29, 0.717) is 35.8 Å². The highest BCUT2D eigenvalue weighted by atomic mass is 16.5. The Labute approximate surface area is 228 Å². The van der Waals surface area contributed by atoms with Gasteiger partial charge in [-0.05, 0) is 53.9 Å². The van der Waals surface area contributed by atoms with Gasteiger partial charge in [0.2, 0.25) is 5.91 Å². The first-order valence-corrected chi connectivity index (χ1v) is 12.6. The molecule has 39 heavy (non-hydrogen) atoms. The summed E-state index contributed by atoms with van der Waals surface area (Å²) in [4.78, 5) is 41.7. The van der Waals surface area contributed by atoms with Crippen LogP contribution in [0.25, 0.3) is 0 Å². The van der Waals surface area contributed by atoms with Crippen molar-refractivity contribution in [1.82, 2.24) is 10.2 Å². The van der Waals surface area contributed by atoms with Gasteiger partial charge in [-0.2, -0.15) is 0 Å². The predicted molar refractivity (Wildman–Crippen MR) is 148 cm³/mol.